The van der Waals surface area contributed by atoms with E-state index in [4.69, 9.17) is 0 Å². The second kappa shape index (κ2) is 5.91. The van der Waals surface area contributed by atoms with E-state index in [2.05, 4.69) is 46.8 Å². The zero-order chi connectivity index (χ0) is 14.8. The summed E-state index contributed by atoms with van der Waals surface area (Å²) in [6.45, 7) is 0. The molecule has 0 spiro atoms. The second-order valence-electron chi connectivity index (χ2n) is 4.31. The van der Waals surface area contributed by atoms with Crippen LogP contribution in [0.25, 0.3) is 11.0 Å². The lowest BCUT2D eigenvalue weighted by Crippen LogP contribution is -1.84. The Bertz CT molecular complexity index is 849. The van der Waals surface area contributed by atoms with Crippen molar-refractivity contribution in [3.8, 4) is 5.75 Å². The van der Waals surface area contributed by atoms with Gasteiger partial charge in [0.25, 0.3) is 0 Å². The lowest BCUT2D eigenvalue weighted by atomic mass is 10.2. The molecule has 0 amide bonds. The van der Waals surface area contributed by atoms with Crippen LogP contribution in [-0.4, -0.2) is 21.3 Å². The molecule has 104 valence electrons. The van der Waals surface area contributed by atoms with Crippen LogP contribution in [0.4, 0.5) is 5.69 Å². The first-order valence-corrected chi connectivity index (χ1v) is 7.65. The maximum absolute atomic E-state index is 9.90. The van der Waals surface area contributed by atoms with Crippen LogP contribution in [0.15, 0.2) is 56.7 Å². The maximum Gasteiger partial charge on any atom is 0.125 e. The average Bonchev–Trinajstić information content (AvgIpc) is 2.49. The summed E-state index contributed by atoms with van der Waals surface area (Å²) >= 11 is 6.74. The molecule has 21 heavy (non-hydrogen) atoms. The van der Waals surface area contributed by atoms with E-state index >= 15 is 0 Å². The van der Waals surface area contributed by atoms with E-state index in [-0.39, 0.29) is 5.75 Å². The number of fused-ring (bicyclic) bond motifs is 1. The Morgan fingerprint density at radius 2 is 1.67 bits per heavy atom. The summed E-state index contributed by atoms with van der Waals surface area (Å²) < 4.78 is 1.64. The molecule has 0 radical (unpaired) electrons. The van der Waals surface area contributed by atoms with E-state index in [0.29, 0.717) is 5.56 Å². The molecule has 0 bridgehead atoms. The quantitative estimate of drug-likeness (QED) is 0.632. The number of aromatic nitrogens is 2. The molecule has 1 aromatic heterocycles. The number of rotatable bonds is 2. The fraction of sp³-hybridized carbons (Fsp3) is 0. The van der Waals surface area contributed by atoms with E-state index in [9.17, 15) is 5.11 Å². The summed E-state index contributed by atoms with van der Waals surface area (Å²) in [6.07, 6.45) is 4.92. The standard InChI is InChI=1S/C15H9Br2N3O/c16-11-5-9(15(21)7-12(11)17)8-20-10-1-2-13-14(6-10)19-4-3-18-13/h1-8,21H. The van der Waals surface area contributed by atoms with Gasteiger partial charge < -0.3 is 5.11 Å². The summed E-state index contributed by atoms with van der Waals surface area (Å²) in [6, 6.07) is 9.00. The summed E-state index contributed by atoms with van der Waals surface area (Å²) in [5.41, 5.74) is 2.99. The highest BCUT2D eigenvalue weighted by atomic mass is 79.9. The first kappa shape index (κ1) is 14.2. The van der Waals surface area contributed by atoms with Gasteiger partial charge in [0.2, 0.25) is 0 Å². The third kappa shape index (κ3) is 3.11. The molecule has 0 unspecified atom stereocenters. The molecule has 0 atom stereocenters. The lowest BCUT2D eigenvalue weighted by Gasteiger charge is -2.02. The molecule has 1 heterocycles. The molecule has 3 rings (SSSR count). The van der Waals surface area contributed by atoms with Crippen molar-refractivity contribution in [1.29, 1.82) is 0 Å². The van der Waals surface area contributed by atoms with Crippen LogP contribution in [-0.2, 0) is 0 Å². The van der Waals surface area contributed by atoms with E-state index in [0.717, 1.165) is 25.7 Å². The molecule has 0 saturated heterocycles. The van der Waals surface area contributed by atoms with Crippen LogP contribution in [0.3, 0.4) is 0 Å². The molecular weight excluding hydrogens is 398 g/mol. The lowest BCUT2D eigenvalue weighted by molar-refractivity contribution is 0.474. The van der Waals surface area contributed by atoms with Gasteiger partial charge >= 0.3 is 0 Å². The van der Waals surface area contributed by atoms with Gasteiger partial charge in [0.15, 0.2) is 0 Å². The average molecular weight is 407 g/mol. The number of phenolic OH excluding ortho intramolecular Hbond substituents is 1. The molecule has 0 saturated carbocycles. The Balaban J connectivity index is 1.96. The molecular formula is C15H9Br2N3O. The summed E-state index contributed by atoms with van der Waals surface area (Å²) in [5, 5.41) is 9.90. The van der Waals surface area contributed by atoms with Crippen LogP contribution in [0.1, 0.15) is 5.56 Å². The van der Waals surface area contributed by atoms with Crippen LogP contribution in [0.5, 0.6) is 5.75 Å². The zero-order valence-electron chi connectivity index (χ0n) is 10.7. The van der Waals surface area contributed by atoms with Gasteiger partial charge in [0, 0.05) is 33.1 Å². The van der Waals surface area contributed by atoms with E-state index < -0.39 is 0 Å². The smallest absolute Gasteiger partial charge is 0.125 e. The van der Waals surface area contributed by atoms with Gasteiger partial charge in [-0.2, -0.15) is 0 Å². The highest BCUT2D eigenvalue weighted by molar-refractivity contribution is 9.13. The highest BCUT2D eigenvalue weighted by Crippen LogP contribution is 2.30. The molecule has 6 heteroatoms. The molecule has 1 N–H and O–H groups in total. The van der Waals surface area contributed by atoms with Crippen LogP contribution in [0.2, 0.25) is 0 Å². The van der Waals surface area contributed by atoms with Crippen molar-refractivity contribution in [2.45, 2.75) is 0 Å². The summed E-state index contributed by atoms with van der Waals surface area (Å²) in [4.78, 5) is 12.8. The third-order valence-corrected chi connectivity index (χ3v) is 4.72. The second-order valence-corrected chi connectivity index (χ2v) is 6.02. The van der Waals surface area contributed by atoms with Crippen molar-refractivity contribution in [2.24, 2.45) is 4.99 Å². The fourth-order valence-electron chi connectivity index (χ4n) is 1.83. The van der Waals surface area contributed by atoms with Gasteiger partial charge in [-0.25, -0.2) is 0 Å². The minimum absolute atomic E-state index is 0.161. The first-order valence-electron chi connectivity index (χ1n) is 6.06. The number of hydrogen-bond donors (Lipinski definition) is 1. The monoisotopic (exact) mass is 405 g/mol. The third-order valence-electron chi connectivity index (χ3n) is 2.88. The van der Waals surface area contributed by atoms with Gasteiger partial charge in [-0.1, -0.05) is 0 Å². The number of aromatic hydroxyl groups is 1. The minimum Gasteiger partial charge on any atom is -0.507 e. The Kier molecular flexibility index (Phi) is 3.98. The maximum atomic E-state index is 9.90. The predicted octanol–water partition coefficient (Wildman–Crippen LogP) is 4.61. The van der Waals surface area contributed by atoms with Gasteiger partial charge in [-0.05, 0) is 62.2 Å². The molecule has 2 aromatic carbocycles. The van der Waals surface area contributed by atoms with Crippen molar-refractivity contribution < 1.29 is 5.11 Å². The summed E-state index contributed by atoms with van der Waals surface area (Å²) in [7, 11) is 0. The molecule has 3 aromatic rings. The molecule has 0 aliphatic heterocycles. The van der Waals surface area contributed by atoms with Crippen molar-refractivity contribution in [1.82, 2.24) is 9.97 Å². The highest BCUT2D eigenvalue weighted by Gasteiger charge is 2.04. The number of benzene rings is 2. The van der Waals surface area contributed by atoms with E-state index in [1.807, 2.05) is 18.2 Å². The van der Waals surface area contributed by atoms with Crippen molar-refractivity contribution in [2.75, 3.05) is 0 Å². The number of halogens is 2. The molecule has 0 aliphatic carbocycles. The molecule has 4 nitrogen and oxygen atoms in total. The van der Waals surface area contributed by atoms with Crippen LogP contribution in [0, 0.1) is 0 Å². The van der Waals surface area contributed by atoms with Crippen LogP contribution >= 0.6 is 31.9 Å². The normalized spacial score (nSPS) is 11.3. The Labute approximate surface area is 137 Å². The fourth-order valence-corrected chi connectivity index (χ4v) is 2.52. The van der Waals surface area contributed by atoms with Crippen LogP contribution < -0.4 is 0 Å². The number of hydrogen-bond acceptors (Lipinski definition) is 4. The van der Waals surface area contributed by atoms with E-state index in [1.54, 1.807) is 30.7 Å². The number of aliphatic imine (C=N–C) groups is 1. The van der Waals surface area contributed by atoms with Crippen molar-refractivity contribution in [3.05, 3.63) is 57.2 Å². The van der Waals surface area contributed by atoms with Gasteiger partial charge in [0.05, 0.1) is 16.7 Å². The van der Waals surface area contributed by atoms with Crippen molar-refractivity contribution >= 4 is 54.8 Å². The predicted molar refractivity (Wildman–Crippen MR) is 90.3 cm³/mol. The Hall–Kier alpha value is -1.79. The van der Waals surface area contributed by atoms with E-state index in [1.165, 1.54) is 0 Å². The molecule has 0 aliphatic rings. The minimum atomic E-state index is 0.161. The SMILES string of the molecule is Oc1cc(Br)c(Br)cc1C=Nc1ccc2nccnc2c1. The van der Waals surface area contributed by atoms with Gasteiger partial charge in [-0.3, -0.25) is 15.0 Å². The van der Waals surface area contributed by atoms with Crippen molar-refractivity contribution in [3.63, 3.8) is 0 Å². The largest absolute Gasteiger partial charge is 0.507 e. The molecule has 0 fully saturated rings. The summed E-state index contributed by atoms with van der Waals surface area (Å²) in [5.74, 6) is 0.161. The topological polar surface area (TPSA) is 58.4 Å². The zero-order valence-corrected chi connectivity index (χ0v) is 13.8. The Morgan fingerprint density at radius 1 is 0.952 bits per heavy atom. The Morgan fingerprint density at radius 3 is 2.48 bits per heavy atom. The van der Waals surface area contributed by atoms with Gasteiger partial charge in [-0.15, -0.1) is 0 Å². The first-order chi connectivity index (χ1) is 10.1. The number of nitrogens with zero attached hydrogens (tertiary/aromatic N) is 3. The van der Waals surface area contributed by atoms with Gasteiger partial charge in [0.1, 0.15) is 5.75 Å². The number of phenols is 1.